The van der Waals surface area contributed by atoms with Gasteiger partial charge in [0.15, 0.2) is 0 Å². The number of carboxylic acid groups (broad SMARTS) is 1. The molecule has 5 nitrogen and oxygen atoms in total. The average Bonchev–Trinajstić information content (AvgIpc) is 2.36. The summed E-state index contributed by atoms with van der Waals surface area (Å²) in [6.45, 7) is 5.22. The Morgan fingerprint density at radius 1 is 1.38 bits per heavy atom. The Morgan fingerprint density at radius 3 is 2.38 bits per heavy atom. The Bertz CT molecular complexity index is 569. The lowest BCUT2D eigenvalue weighted by Crippen LogP contribution is -2.49. The van der Waals surface area contributed by atoms with E-state index in [4.69, 9.17) is 16.3 Å². The monoisotopic (exact) mass is 425 g/mol. The molecule has 1 rings (SSSR count). The van der Waals surface area contributed by atoms with E-state index < -0.39 is 23.3 Å². The molecule has 1 atom stereocenters. The molecule has 0 fully saturated rings. The predicted octanol–water partition coefficient (Wildman–Crippen LogP) is 3.18. The number of hydrogen-bond acceptors (Lipinski definition) is 3. The minimum Gasteiger partial charge on any atom is -0.496 e. The molecule has 0 radical (unpaired) electrons. The highest BCUT2D eigenvalue weighted by Gasteiger charge is 2.33. The van der Waals surface area contributed by atoms with Crippen LogP contribution in [-0.4, -0.2) is 30.1 Å². The van der Waals surface area contributed by atoms with Crippen LogP contribution in [0.15, 0.2) is 12.1 Å². The molecule has 0 spiro atoms. The SMILES string of the molecule is COc1cc(I)c(Cl)cc1C(=O)NC(C(=O)O)C(C)(C)C. The van der Waals surface area contributed by atoms with Gasteiger partial charge in [0.1, 0.15) is 11.8 Å². The summed E-state index contributed by atoms with van der Waals surface area (Å²) in [7, 11) is 1.44. The number of carboxylic acids is 1. The van der Waals surface area contributed by atoms with Gasteiger partial charge >= 0.3 is 5.97 Å². The van der Waals surface area contributed by atoms with E-state index in [0.29, 0.717) is 10.8 Å². The fourth-order valence-electron chi connectivity index (χ4n) is 1.73. The number of carbonyl (C=O) groups is 2. The molecule has 0 saturated carbocycles. The number of carbonyl (C=O) groups excluding carboxylic acids is 1. The summed E-state index contributed by atoms with van der Waals surface area (Å²) in [5.41, 5.74) is -0.416. The Balaban J connectivity index is 3.14. The summed E-state index contributed by atoms with van der Waals surface area (Å²) >= 11 is 8.04. The zero-order valence-corrected chi connectivity index (χ0v) is 15.1. The highest BCUT2D eigenvalue weighted by molar-refractivity contribution is 14.1. The van der Waals surface area contributed by atoms with Crippen molar-refractivity contribution in [1.82, 2.24) is 5.32 Å². The van der Waals surface area contributed by atoms with E-state index in [9.17, 15) is 14.7 Å². The molecular weight excluding hydrogens is 409 g/mol. The van der Waals surface area contributed by atoms with Crippen LogP contribution in [0.2, 0.25) is 5.02 Å². The van der Waals surface area contributed by atoms with Gasteiger partial charge in [-0.25, -0.2) is 4.79 Å². The highest BCUT2D eigenvalue weighted by atomic mass is 127. The summed E-state index contributed by atoms with van der Waals surface area (Å²) in [6.07, 6.45) is 0. The first kappa shape index (κ1) is 18.0. The maximum absolute atomic E-state index is 12.3. The van der Waals surface area contributed by atoms with E-state index >= 15 is 0 Å². The van der Waals surface area contributed by atoms with Crippen molar-refractivity contribution in [1.29, 1.82) is 0 Å². The summed E-state index contributed by atoms with van der Waals surface area (Å²) in [5, 5.41) is 12.2. The molecule has 1 aromatic carbocycles. The van der Waals surface area contributed by atoms with Crippen molar-refractivity contribution in [3.8, 4) is 5.75 Å². The van der Waals surface area contributed by atoms with Gasteiger partial charge in [-0.15, -0.1) is 0 Å². The first-order valence-corrected chi connectivity index (χ1v) is 7.60. The molecule has 1 unspecified atom stereocenters. The number of amides is 1. The Kier molecular flexibility index (Phi) is 5.86. The third-order valence-electron chi connectivity index (χ3n) is 2.88. The molecule has 0 bridgehead atoms. The maximum Gasteiger partial charge on any atom is 0.326 e. The quantitative estimate of drug-likeness (QED) is 0.727. The third-order valence-corrected chi connectivity index (χ3v) is 4.40. The predicted molar refractivity (Wildman–Crippen MR) is 89.1 cm³/mol. The number of aliphatic carboxylic acids is 1. The minimum absolute atomic E-state index is 0.207. The summed E-state index contributed by atoms with van der Waals surface area (Å²) in [4.78, 5) is 23.6. The number of halogens is 2. The number of methoxy groups -OCH3 is 1. The normalized spacial score (nSPS) is 12.7. The van der Waals surface area contributed by atoms with Crippen LogP contribution in [0.5, 0.6) is 5.75 Å². The van der Waals surface area contributed by atoms with Gasteiger partial charge in [-0.2, -0.15) is 0 Å². The molecule has 0 heterocycles. The van der Waals surface area contributed by atoms with Gasteiger partial charge in [0.25, 0.3) is 5.91 Å². The summed E-state index contributed by atoms with van der Waals surface area (Å²) in [6, 6.07) is 2.08. The van der Waals surface area contributed by atoms with Crippen LogP contribution < -0.4 is 10.1 Å². The number of ether oxygens (including phenoxy) is 1. The first-order chi connectivity index (χ1) is 9.57. The van der Waals surface area contributed by atoms with Gasteiger partial charge in [0.05, 0.1) is 17.7 Å². The lowest BCUT2D eigenvalue weighted by atomic mass is 9.86. The summed E-state index contributed by atoms with van der Waals surface area (Å²) in [5.74, 6) is -1.28. The Labute approximate surface area is 142 Å². The smallest absolute Gasteiger partial charge is 0.326 e. The highest BCUT2D eigenvalue weighted by Crippen LogP contribution is 2.29. The second-order valence-corrected chi connectivity index (χ2v) is 7.15. The lowest BCUT2D eigenvalue weighted by molar-refractivity contribution is -0.142. The zero-order valence-electron chi connectivity index (χ0n) is 12.2. The van der Waals surface area contributed by atoms with E-state index in [1.165, 1.54) is 13.2 Å². The molecule has 0 saturated heterocycles. The van der Waals surface area contributed by atoms with Crippen molar-refractivity contribution in [2.75, 3.05) is 7.11 Å². The molecular formula is C14H17ClINO4. The van der Waals surface area contributed by atoms with Crippen LogP contribution in [0.4, 0.5) is 0 Å². The van der Waals surface area contributed by atoms with Crippen molar-refractivity contribution >= 4 is 46.1 Å². The van der Waals surface area contributed by atoms with Crippen LogP contribution in [0.3, 0.4) is 0 Å². The minimum atomic E-state index is -1.09. The third kappa shape index (κ3) is 4.47. The van der Waals surface area contributed by atoms with E-state index in [-0.39, 0.29) is 5.56 Å². The van der Waals surface area contributed by atoms with Gasteiger partial charge in [-0.05, 0) is 40.1 Å². The maximum atomic E-state index is 12.3. The second-order valence-electron chi connectivity index (χ2n) is 5.58. The molecule has 7 heteroatoms. The van der Waals surface area contributed by atoms with Crippen molar-refractivity contribution in [3.63, 3.8) is 0 Å². The molecule has 116 valence electrons. The average molecular weight is 426 g/mol. The fourth-order valence-corrected chi connectivity index (χ4v) is 2.33. The van der Waals surface area contributed by atoms with E-state index in [2.05, 4.69) is 5.32 Å². The van der Waals surface area contributed by atoms with Gasteiger partial charge in [0.2, 0.25) is 0 Å². The van der Waals surface area contributed by atoms with Crippen LogP contribution in [0, 0.1) is 8.99 Å². The number of benzene rings is 1. The molecule has 0 aliphatic heterocycles. The molecule has 1 aromatic rings. The zero-order chi connectivity index (χ0) is 16.4. The van der Waals surface area contributed by atoms with Gasteiger partial charge < -0.3 is 15.2 Å². The van der Waals surface area contributed by atoms with Crippen molar-refractivity contribution in [2.24, 2.45) is 5.41 Å². The molecule has 2 N–H and O–H groups in total. The molecule has 1 amide bonds. The van der Waals surface area contributed by atoms with E-state index in [1.54, 1.807) is 26.8 Å². The van der Waals surface area contributed by atoms with Gasteiger partial charge in [-0.3, -0.25) is 4.79 Å². The van der Waals surface area contributed by atoms with Crippen LogP contribution >= 0.6 is 34.2 Å². The largest absolute Gasteiger partial charge is 0.496 e. The Morgan fingerprint density at radius 2 is 1.95 bits per heavy atom. The van der Waals surface area contributed by atoms with Gasteiger partial charge in [-0.1, -0.05) is 32.4 Å². The summed E-state index contributed by atoms with van der Waals surface area (Å²) < 4.78 is 5.90. The lowest BCUT2D eigenvalue weighted by Gasteiger charge is -2.28. The van der Waals surface area contributed by atoms with Crippen LogP contribution in [0.1, 0.15) is 31.1 Å². The van der Waals surface area contributed by atoms with Crippen molar-refractivity contribution < 1.29 is 19.4 Å². The standard InChI is InChI=1S/C14H17ClINO4/c1-14(2,3)11(13(19)20)17-12(18)7-5-8(15)9(16)6-10(7)21-4/h5-6,11H,1-4H3,(H,17,18)(H,19,20). The number of hydrogen-bond donors (Lipinski definition) is 2. The van der Waals surface area contributed by atoms with Crippen LogP contribution in [-0.2, 0) is 4.79 Å². The molecule has 21 heavy (non-hydrogen) atoms. The number of nitrogens with one attached hydrogen (secondary N) is 1. The molecule has 0 aliphatic rings. The van der Waals surface area contributed by atoms with Crippen molar-refractivity contribution in [2.45, 2.75) is 26.8 Å². The second kappa shape index (κ2) is 6.83. The first-order valence-electron chi connectivity index (χ1n) is 6.14. The topological polar surface area (TPSA) is 75.6 Å². The fraction of sp³-hybridized carbons (Fsp3) is 0.429. The van der Waals surface area contributed by atoms with E-state index in [0.717, 1.165) is 3.57 Å². The molecule has 0 aromatic heterocycles. The van der Waals surface area contributed by atoms with Crippen molar-refractivity contribution in [3.05, 3.63) is 26.3 Å². The van der Waals surface area contributed by atoms with Gasteiger partial charge in [0, 0.05) is 3.57 Å². The van der Waals surface area contributed by atoms with Crippen LogP contribution in [0.25, 0.3) is 0 Å². The number of rotatable bonds is 4. The molecule has 0 aliphatic carbocycles. The van der Waals surface area contributed by atoms with E-state index in [1.807, 2.05) is 22.6 Å². The Hall–Kier alpha value is -1.02.